The Morgan fingerprint density at radius 1 is 1.12 bits per heavy atom. The predicted molar refractivity (Wildman–Crippen MR) is 94.9 cm³/mol. The molecule has 0 atom stereocenters. The molecule has 0 bridgehead atoms. The van der Waals surface area contributed by atoms with E-state index in [0.29, 0.717) is 30.9 Å². The highest BCUT2D eigenvalue weighted by atomic mass is 19.1. The van der Waals surface area contributed by atoms with Crippen LogP contribution in [0.25, 0.3) is 0 Å². The third kappa shape index (κ3) is 5.18. The Morgan fingerprint density at radius 2 is 1.85 bits per heavy atom. The highest BCUT2D eigenvalue weighted by molar-refractivity contribution is 5.74. The maximum Gasteiger partial charge on any atom is 0.317 e. The second kappa shape index (κ2) is 8.65. The van der Waals surface area contributed by atoms with Gasteiger partial charge in [-0.1, -0.05) is 18.2 Å². The second-order valence-electron chi connectivity index (χ2n) is 6.34. The topological polar surface area (TPSA) is 41.6 Å². The van der Waals surface area contributed by atoms with Gasteiger partial charge in [-0.05, 0) is 49.6 Å². The summed E-state index contributed by atoms with van der Waals surface area (Å²) >= 11 is 0. The van der Waals surface area contributed by atoms with Crippen LogP contribution in [0.5, 0.6) is 5.75 Å². The second-order valence-corrected chi connectivity index (χ2v) is 6.34. The van der Waals surface area contributed by atoms with Crippen LogP contribution in [-0.2, 0) is 6.54 Å². The minimum atomic E-state index is -0.306. The van der Waals surface area contributed by atoms with Crippen LogP contribution in [0.1, 0.15) is 24.8 Å². The van der Waals surface area contributed by atoms with Crippen LogP contribution in [0.2, 0.25) is 0 Å². The van der Waals surface area contributed by atoms with Crippen molar-refractivity contribution in [3.8, 4) is 5.75 Å². The molecule has 6 heteroatoms. The number of carbonyl (C=O) groups excluding carboxylic acids is 1. The third-order valence-corrected chi connectivity index (χ3v) is 4.23. The summed E-state index contributed by atoms with van der Waals surface area (Å²) in [5.74, 6) is -0.00447. The number of hydrogen-bond donors (Lipinski definition) is 1. The largest absolute Gasteiger partial charge is 0.494 e. The van der Waals surface area contributed by atoms with Crippen molar-refractivity contribution < 1.29 is 18.3 Å². The number of halogens is 2. The SMILES string of the molecule is O=C(NCCCOc1ccc(F)cc1)N(Cc1ccccc1F)C1CC1. The van der Waals surface area contributed by atoms with E-state index in [9.17, 15) is 13.6 Å². The molecule has 0 aliphatic heterocycles. The lowest BCUT2D eigenvalue weighted by molar-refractivity contribution is 0.190. The van der Waals surface area contributed by atoms with Crippen LogP contribution in [0.15, 0.2) is 48.5 Å². The van der Waals surface area contributed by atoms with Gasteiger partial charge in [0.25, 0.3) is 0 Å². The quantitative estimate of drug-likeness (QED) is 0.720. The summed E-state index contributed by atoms with van der Waals surface area (Å²) in [6.07, 6.45) is 2.53. The first kappa shape index (κ1) is 18.2. The zero-order valence-electron chi connectivity index (χ0n) is 14.5. The molecule has 3 rings (SSSR count). The lowest BCUT2D eigenvalue weighted by Gasteiger charge is -2.23. The van der Waals surface area contributed by atoms with Crippen molar-refractivity contribution in [2.24, 2.45) is 0 Å². The molecule has 4 nitrogen and oxygen atoms in total. The number of nitrogens with one attached hydrogen (secondary N) is 1. The molecule has 1 aliphatic rings. The van der Waals surface area contributed by atoms with Crippen molar-refractivity contribution in [3.63, 3.8) is 0 Å². The minimum absolute atomic E-state index is 0.183. The van der Waals surface area contributed by atoms with Gasteiger partial charge in [-0.15, -0.1) is 0 Å². The molecule has 26 heavy (non-hydrogen) atoms. The Morgan fingerprint density at radius 3 is 2.54 bits per heavy atom. The molecule has 0 unspecified atom stereocenters. The Labute approximate surface area is 151 Å². The molecule has 2 aromatic rings. The lowest BCUT2D eigenvalue weighted by atomic mass is 10.2. The van der Waals surface area contributed by atoms with Crippen LogP contribution < -0.4 is 10.1 Å². The molecule has 0 radical (unpaired) electrons. The van der Waals surface area contributed by atoms with E-state index in [0.717, 1.165) is 12.8 Å². The highest BCUT2D eigenvalue weighted by Crippen LogP contribution is 2.28. The van der Waals surface area contributed by atoms with Gasteiger partial charge in [-0.25, -0.2) is 13.6 Å². The van der Waals surface area contributed by atoms with E-state index in [-0.39, 0.29) is 30.3 Å². The summed E-state index contributed by atoms with van der Waals surface area (Å²) in [4.78, 5) is 14.1. The highest BCUT2D eigenvalue weighted by Gasteiger charge is 2.32. The Kier molecular flexibility index (Phi) is 6.04. The Hall–Kier alpha value is -2.63. The normalized spacial score (nSPS) is 13.3. The van der Waals surface area contributed by atoms with Gasteiger partial charge in [-0.3, -0.25) is 0 Å². The van der Waals surface area contributed by atoms with Crippen molar-refractivity contribution in [2.45, 2.75) is 31.8 Å². The summed E-state index contributed by atoms with van der Waals surface area (Å²) < 4.78 is 32.1. The van der Waals surface area contributed by atoms with Gasteiger partial charge < -0.3 is 15.0 Å². The molecule has 0 saturated heterocycles. The number of urea groups is 1. The standard InChI is InChI=1S/C20H22F2N2O2/c21-16-6-10-18(11-7-16)26-13-3-12-23-20(25)24(17-8-9-17)14-15-4-1-2-5-19(15)22/h1-2,4-7,10-11,17H,3,8-9,12-14H2,(H,23,25). The number of hydrogen-bond acceptors (Lipinski definition) is 2. The first-order valence-corrected chi connectivity index (χ1v) is 8.80. The summed E-state index contributed by atoms with van der Waals surface area (Å²) in [6.45, 7) is 1.15. The molecule has 1 saturated carbocycles. The fourth-order valence-corrected chi connectivity index (χ4v) is 2.65. The van der Waals surface area contributed by atoms with Crippen LogP contribution >= 0.6 is 0 Å². The van der Waals surface area contributed by atoms with E-state index in [4.69, 9.17) is 4.74 Å². The molecule has 1 N–H and O–H groups in total. The van der Waals surface area contributed by atoms with E-state index in [1.807, 2.05) is 0 Å². The number of nitrogens with zero attached hydrogens (tertiary/aromatic N) is 1. The Bertz CT molecular complexity index is 733. The summed E-state index contributed by atoms with van der Waals surface area (Å²) in [6, 6.07) is 12.3. The van der Waals surface area contributed by atoms with Gasteiger partial charge in [0.2, 0.25) is 0 Å². The van der Waals surface area contributed by atoms with Crippen molar-refractivity contribution in [1.82, 2.24) is 10.2 Å². The van der Waals surface area contributed by atoms with Gasteiger partial charge in [0.15, 0.2) is 0 Å². The van der Waals surface area contributed by atoms with E-state index < -0.39 is 0 Å². The molecular formula is C20H22F2N2O2. The maximum absolute atomic E-state index is 13.8. The number of amides is 2. The van der Waals surface area contributed by atoms with Gasteiger partial charge in [-0.2, -0.15) is 0 Å². The van der Waals surface area contributed by atoms with Crippen LogP contribution in [-0.4, -0.2) is 30.1 Å². The van der Waals surface area contributed by atoms with E-state index in [1.54, 1.807) is 35.2 Å². The summed E-state index contributed by atoms with van der Waals surface area (Å²) in [5, 5.41) is 2.86. The van der Waals surface area contributed by atoms with Crippen molar-refractivity contribution in [3.05, 3.63) is 65.7 Å². The minimum Gasteiger partial charge on any atom is -0.494 e. The van der Waals surface area contributed by atoms with Crippen LogP contribution in [0.3, 0.4) is 0 Å². The number of benzene rings is 2. The number of carbonyl (C=O) groups is 1. The molecule has 138 valence electrons. The van der Waals surface area contributed by atoms with Gasteiger partial charge in [0, 0.05) is 18.2 Å². The molecule has 1 aliphatic carbocycles. The van der Waals surface area contributed by atoms with Gasteiger partial charge in [0.1, 0.15) is 17.4 Å². The van der Waals surface area contributed by atoms with Crippen molar-refractivity contribution >= 4 is 6.03 Å². The van der Waals surface area contributed by atoms with Gasteiger partial charge in [0.05, 0.1) is 13.2 Å². The zero-order valence-corrected chi connectivity index (χ0v) is 14.5. The Balaban J connectivity index is 1.42. The van der Waals surface area contributed by atoms with Crippen molar-refractivity contribution in [2.75, 3.05) is 13.2 Å². The molecule has 0 aromatic heterocycles. The molecular weight excluding hydrogens is 338 g/mol. The number of ether oxygens (including phenoxy) is 1. The van der Waals surface area contributed by atoms with E-state index >= 15 is 0 Å². The molecule has 0 heterocycles. The molecule has 1 fully saturated rings. The molecule has 2 aromatic carbocycles. The summed E-state index contributed by atoms with van der Waals surface area (Å²) in [7, 11) is 0. The third-order valence-electron chi connectivity index (χ3n) is 4.23. The smallest absolute Gasteiger partial charge is 0.317 e. The average Bonchev–Trinajstić information content (AvgIpc) is 3.47. The molecule has 2 amide bonds. The van der Waals surface area contributed by atoms with Crippen LogP contribution in [0, 0.1) is 11.6 Å². The zero-order chi connectivity index (χ0) is 18.4. The monoisotopic (exact) mass is 360 g/mol. The molecule has 0 spiro atoms. The first-order chi connectivity index (χ1) is 12.6. The lowest BCUT2D eigenvalue weighted by Crippen LogP contribution is -2.41. The maximum atomic E-state index is 13.8. The first-order valence-electron chi connectivity index (χ1n) is 8.80. The van der Waals surface area contributed by atoms with Crippen LogP contribution in [0.4, 0.5) is 13.6 Å². The van der Waals surface area contributed by atoms with Crippen molar-refractivity contribution in [1.29, 1.82) is 0 Å². The average molecular weight is 360 g/mol. The van der Waals surface area contributed by atoms with E-state index in [2.05, 4.69) is 5.32 Å². The van der Waals surface area contributed by atoms with E-state index in [1.165, 1.54) is 18.2 Å². The summed E-state index contributed by atoms with van der Waals surface area (Å²) in [5.41, 5.74) is 0.522. The predicted octanol–water partition coefficient (Wildman–Crippen LogP) is 4.11. The number of rotatable bonds is 8. The fraction of sp³-hybridized carbons (Fsp3) is 0.350. The van der Waals surface area contributed by atoms with Gasteiger partial charge >= 0.3 is 6.03 Å². The fourth-order valence-electron chi connectivity index (χ4n) is 2.65.